The Morgan fingerprint density at radius 1 is 1.38 bits per heavy atom. The van der Waals surface area contributed by atoms with Crippen LogP contribution in [-0.2, 0) is 19.6 Å². The Labute approximate surface area is 79.0 Å². The average Bonchev–Trinajstić information content (AvgIpc) is 2.04. The van der Waals surface area contributed by atoms with Gasteiger partial charge in [-0.2, -0.15) is 4.89 Å². The minimum Gasteiger partial charge on any atom is -0.269 e. The smallest absolute Gasteiger partial charge is 0.269 e. The molecular weight excluding hydrogens is 172 g/mol. The van der Waals surface area contributed by atoms with E-state index in [-0.39, 0.29) is 5.92 Å². The molecule has 0 amide bonds. The third-order valence-corrected chi connectivity index (χ3v) is 1.70. The van der Waals surface area contributed by atoms with Crippen molar-refractivity contribution in [3.8, 4) is 0 Å². The van der Waals surface area contributed by atoms with E-state index in [4.69, 9.17) is 4.89 Å². The summed E-state index contributed by atoms with van der Waals surface area (Å²) < 4.78 is 0. The number of hydrogen-bond donors (Lipinski definition) is 0. The van der Waals surface area contributed by atoms with E-state index in [2.05, 4.69) is 9.93 Å². The van der Waals surface area contributed by atoms with E-state index in [0.29, 0.717) is 0 Å². The summed E-state index contributed by atoms with van der Waals surface area (Å²) in [6, 6.07) is 0. The van der Waals surface area contributed by atoms with Crippen molar-refractivity contribution in [3.63, 3.8) is 0 Å². The first-order valence-corrected chi connectivity index (χ1v) is 4.45. The number of carbonyl (C=O) groups excluding carboxylic acids is 1. The van der Waals surface area contributed by atoms with Crippen molar-refractivity contribution in [1.82, 2.24) is 0 Å². The molecule has 78 valence electrons. The molecule has 0 atom stereocenters. The van der Waals surface area contributed by atoms with Gasteiger partial charge in [-0.05, 0) is 25.3 Å². The van der Waals surface area contributed by atoms with Crippen LogP contribution in [0.3, 0.4) is 0 Å². The molecule has 0 aliphatic carbocycles. The monoisotopic (exact) mass is 190 g/mol. The lowest BCUT2D eigenvalue weighted by atomic mass is 10.1. The van der Waals surface area contributed by atoms with Crippen LogP contribution < -0.4 is 0 Å². The van der Waals surface area contributed by atoms with Gasteiger partial charge in [-0.1, -0.05) is 20.8 Å². The van der Waals surface area contributed by atoms with Crippen molar-refractivity contribution in [1.29, 1.82) is 0 Å². The molecule has 0 saturated carbocycles. The van der Waals surface area contributed by atoms with Crippen molar-refractivity contribution in [2.45, 2.75) is 46.6 Å². The fourth-order valence-electron chi connectivity index (χ4n) is 0.298. The van der Waals surface area contributed by atoms with Crippen LogP contribution >= 0.6 is 0 Å². The van der Waals surface area contributed by atoms with E-state index in [0.717, 1.165) is 6.42 Å². The molecule has 0 spiro atoms. The molecule has 0 aromatic carbocycles. The highest BCUT2D eigenvalue weighted by molar-refractivity contribution is 5.70. The van der Waals surface area contributed by atoms with E-state index < -0.39 is 11.6 Å². The van der Waals surface area contributed by atoms with Crippen LogP contribution in [0.4, 0.5) is 0 Å². The highest BCUT2D eigenvalue weighted by Crippen LogP contribution is 2.14. The SMILES string of the molecule is CCC(C)(C)OOOC(=O)C(C)C. The fourth-order valence-corrected chi connectivity index (χ4v) is 0.298. The highest BCUT2D eigenvalue weighted by Gasteiger charge is 2.19. The summed E-state index contributed by atoms with van der Waals surface area (Å²) in [5.41, 5.74) is -0.433. The van der Waals surface area contributed by atoms with Gasteiger partial charge >= 0.3 is 5.97 Å². The van der Waals surface area contributed by atoms with Gasteiger partial charge in [0, 0.05) is 0 Å². The summed E-state index contributed by atoms with van der Waals surface area (Å²) >= 11 is 0. The molecule has 4 heteroatoms. The summed E-state index contributed by atoms with van der Waals surface area (Å²) in [7, 11) is 0. The third-order valence-electron chi connectivity index (χ3n) is 1.70. The molecule has 0 aliphatic heterocycles. The Kier molecular flexibility index (Phi) is 4.95. The Hall–Kier alpha value is -0.610. The molecule has 0 N–H and O–H groups in total. The van der Waals surface area contributed by atoms with Gasteiger partial charge in [0.25, 0.3) is 0 Å². The summed E-state index contributed by atoms with van der Waals surface area (Å²) in [5.74, 6) is -0.653. The van der Waals surface area contributed by atoms with E-state index in [1.54, 1.807) is 13.8 Å². The van der Waals surface area contributed by atoms with Crippen LogP contribution in [0.1, 0.15) is 41.0 Å². The lowest BCUT2D eigenvalue weighted by molar-refractivity contribution is -0.517. The topological polar surface area (TPSA) is 44.8 Å². The second-order valence-corrected chi connectivity index (χ2v) is 3.82. The van der Waals surface area contributed by atoms with Gasteiger partial charge in [0.2, 0.25) is 0 Å². The molecule has 13 heavy (non-hydrogen) atoms. The maximum absolute atomic E-state index is 10.9. The Morgan fingerprint density at radius 2 is 1.92 bits per heavy atom. The van der Waals surface area contributed by atoms with Crippen molar-refractivity contribution in [3.05, 3.63) is 0 Å². The third kappa shape index (κ3) is 5.60. The van der Waals surface area contributed by atoms with Crippen molar-refractivity contribution in [2.24, 2.45) is 5.92 Å². The zero-order valence-corrected chi connectivity index (χ0v) is 8.92. The molecule has 0 radical (unpaired) electrons. The maximum atomic E-state index is 10.9. The van der Waals surface area contributed by atoms with Gasteiger partial charge < -0.3 is 0 Å². The molecule has 0 saturated heterocycles. The van der Waals surface area contributed by atoms with Crippen LogP contribution in [0.15, 0.2) is 0 Å². The van der Waals surface area contributed by atoms with Gasteiger partial charge in [0.15, 0.2) is 0 Å². The summed E-state index contributed by atoms with van der Waals surface area (Å²) in [4.78, 5) is 20.1. The highest BCUT2D eigenvalue weighted by atomic mass is 17.5. The van der Waals surface area contributed by atoms with Crippen molar-refractivity contribution in [2.75, 3.05) is 0 Å². The molecular formula is C9H18O4. The predicted octanol–water partition coefficient (Wildman–Crippen LogP) is 2.24. The van der Waals surface area contributed by atoms with Crippen LogP contribution in [0.25, 0.3) is 0 Å². The summed E-state index contributed by atoms with van der Waals surface area (Å²) in [6.07, 6.45) is 0.770. The molecule has 0 rings (SSSR count). The molecule has 0 unspecified atom stereocenters. The molecule has 4 nitrogen and oxygen atoms in total. The average molecular weight is 190 g/mol. The van der Waals surface area contributed by atoms with E-state index in [1.165, 1.54) is 0 Å². The van der Waals surface area contributed by atoms with Crippen molar-refractivity contribution < 1.29 is 19.6 Å². The lowest BCUT2D eigenvalue weighted by Crippen LogP contribution is -2.25. The first kappa shape index (κ1) is 12.4. The molecule has 0 heterocycles. The fraction of sp³-hybridized carbons (Fsp3) is 0.889. The van der Waals surface area contributed by atoms with Gasteiger partial charge in [-0.15, -0.1) is 0 Å². The van der Waals surface area contributed by atoms with E-state index >= 15 is 0 Å². The van der Waals surface area contributed by atoms with Crippen LogP contribution in [0, 0.1) is 5.92 Å². The van der Waals surface area contributed by atoms with Crippen LogP contribution in [0.2, 0.25) is 0 Å². The normalized spacial score (nSPS) is 11.8. The zero-order valence-electron chi connectivity index (χ0n) is 8.92. The summed E-state index contributed by atoms with van der Waals surface area (Å²) in [6.45, 7) is 9.08. The lowest BCUT2D eigenvalue weighted by Gasteiger charge is -2.19. The standard InChI is InChI=1S/C9H18O4/c1-6-9(4,5)12-13-11-8(10)7(2)3/h7H,6H2,1-5H3. The molecule has 0 fully saturated rings. The zero-order chi connectivity index (χ0) is 10.5. The summed E-state index contributed by atoms with van der Waals surface area (Å²) in [5, 5.41) is 4.36. The van der Waals surface area contributed by atoms with Crippen LogP contribution in [-0.4, -0.2) is 11.6 Å². The molecule has 0 aromatic rings. The quantitative estimate of drug-likeness (QED) is 0.492. The Balaban J connectivity index is 3.62. The number of carbonyl (C=O) groups is 1. The first-order chi connectivity index (χ1) is 5.89. The maximum Gasteiger partial charge on any atom is 0.348 e. The Morgan fingerprint density at radius 3 is 2.31 bits per heavy atom. The minimum atomic E-state index is -0.438. The Bertz CT molecular complexity index is 163. The minimum absolute atomic E-state index is 0.215. The van der Waals surface area contributed by atoms with Gasteiger partial charge in [-0.25, -0.2) is 4.79 Å². The van der Waals surface area contributed by atoms with Crippen LogP contribution in [0.5, 0.6) is 0 Å². The van der Waals surface area contributed by atoms with E-state index in [9.17, 15) is 4.79 Å². The number of rotatable bonds is 5. The second kappa shape index (κ2) is 5.19. The van der Waals surface area contributed by atoms with E-state index in [1.807, 2.05) is 20.8 Å². The van der Waals surface area contributed by atoms with Gasteiger partial charge in [0.05, 0.1) is 5.92 Å². The molecule has 0 aromatic heterocycles. The van der Waals surface area contributed by atoms with Gasteiger partial charge in [-0.3, -0.25) is 4.89 Å². The molecule has 0 bridgehead atoms. The van der Waals surface area contributed by atoms with Crippen molar-refractivity contribution >= 4 is 5.97 Å². The number of hydrogen-bond acceptors (Lipinski definition) is 4. The predicted molar refractivity (Wildman–Crippen MR) is 47.5 cm³/mol. The van der Waals surface area contributed by atoms with Gasteiger partial charge in [0.1, 0.15) is 5.60 Å². The molecule has 0 aliphatic rings. The first-order valence-electron chi connectivity index (χ1n) is 4.45. The second-order valence-electron chi connectivity index (χ2n) is 3.82. The largest absolute Gasteiger partial charge is 0.348 e.